The quantitative estimate of drug-likeness (QED) is 0.902. The standard InChI is InChI=1S/C13H19FN2.2ClH/c1-10-12(4-3-5-13(10)14)11(2)16-8-6-15-7-9-16;;/h3-5,11,15H,6-9H2,1-2H3;2*1H/t11-;;/m1../s1. The molecule has 2 rings (SSSR count). The minimum atomic E-state index is -0.0977. The van der Waals surface area contributed by atoms with Crippen LogP contribution in [0.3, 0.4) is 0 Å². The number of piperazine rings is 1. The van der Waals surface area contributed by atoms with Gasteiger partial charge in [0.25, 0.3) is 0 Å². The van der Waals surface area contributed by atoms with Crippen molar-refractivity contribution in [1.29, 1.82) is 0 Å². The van der Waals surface area contributed by atoms with E-state index in [9.17, 15) is 4.39 Å². The van der Waals surface area contributed by atoms with Gasteiger partial charge in [-0.3, -0.25) is 4.90 Å². The van der Waals surface area contributed by atoms with Gasteiger partial charge in [-0.15, -0.1) is 24.8 Å². The van der Waals surface area contributed by atoms with Crippen LogP contribution in [0.2, 0.25) is 0 Å². The van der Waals surface area contributed by atoms with E-state index in [2.05, 4.69) is 17.1 Å². The van der Waals surface area contributed by atoms with Crippen LogP contribution in [0.15, 0.2) is 18.2 Å². The Morgan fingerprint density at radius 3 is 2.44 bits per heavy atom. The number of hydrogen-bond donors (Lipinski definition) is 1. The molecule has 1 atom stereocenters. The summed E-state index contributed by atoms with van der Waals surface area (Å²) in [5, 5.41) is 3.33. The summed E-state index contributed by atoms with van der Waals surface area (Å²) >= 11 is 0. The van der Waals surface area contributed by atoms with Crippen LogP contribution in [0.5, 0.6) is 0 Å². The number of halogens is 3. The van der Waals surface area contributed by atoms with Crippen molar-refractivity contribution in [2.45, 2.75) is 19.9 Å². The van der Waals surface area contributed by atoms with Crippen LogP contribution in [0.25, 0.3) is 0 Å². The van der Waals surface area contributed by atoms with Gasteiger partial charge < -0.3 is 5.32 Å². The van der Waals surface area contributed by atoms with Gasteiger partial charge in [0.05, 0.1) is 0 Å². The molecule has 1 aromatic carbocycles. The van der Waals surface area contributed by atoms with Gasteiger partial charge in [-0.1, -0.05) is 12.1 Å². The van der Waals surface area contributed by atoms with Gasteiger partial charge in [-0.05, 0) is 31.0 Å². The third kappa shape index (κ3) is 3.82. The molecule has 1 aliphatic heterocycles. The van der Waals surface area contributed by atoms with E-state index in [0.29, 0.717) is 6.04 Å². The number of rotatable bonds is 2. The zero-order valence-electron chi connectivity index (χ0n) is 10.8. The maximum absolute atomic E-state index is 13.5. The van der Waals surface area contributed by atoms with Crippen LogP contribution >= 0.6 is 24.8 Å². The summed E-state index contributed by atoms with van der Waals surface area (Å²) in [5.41, 5.74) is 1.90. The van der Waals surface area contributed by atoms with Crippen molar-refractivity contribution in [3.63, 3.8) is 0 Å². The van der Waals surface area contributed by atoms with Crippen LogP contribution in [-0.4, -0.2) is 31.1 Å². The molecule has 0 aliphatic carbocycles. The maximum Gasteiger partial charge on any atom is 0.126 e. The van der Waals surface area contributed by atoms with Crippen molar-refractivity contribution in [2.24, 2.45) is 0 Å². The molecule has 0 spiro atoms. The highest BCUT2D eigenvalue weighted by Gasteiger charge is 2.19. The van der Waals surface area contributed by atoms with E-state index in [0.717, 1.165) is 37.3 Å². The molecule has 0 unspecified atom stereocenters. The van der Waals surface area contributed by atoms with Crippen molar-refractivity contribution >= 4 is 24.8 Å². The molecule has 1 saturated heterocycles. The molecule has 1 N–H and O–H groups in total. The fourth-order valence-corrected chi connectivity index (χ4v) is 2.34. The molecular formula is C13H21Cl2FN2. The van der Waals surface area contributed by atoms with Crippen molar-refractivity contribution in [2.75, 3.05) is 26.2 Å². The summed E-state index contributed by atoms with van der Waals surface area (Å²) in [6.45, 7) is 8.15. The van der Waals surface area contributed by atoms with Gasteiger partial charge in [0, 0.05) is 32.2 Å². The van der Waals surface area contributed by atoms with Gasteiger partial charge >= 0.3 is 0 Å². The third-order valence-electron chi connectivity index (χ3n) is 3.46. The van der Waals surface area contributed by atoms with Crippen molar-refractivity contribution in [3.05, 3.63) is 35.1 Å². The fourth-order valence-electron chi connectivity index (χ4n) is 2.34. The predicted octanol–water partition coefficient (Wildman–Crippen LogP) is 2.94. The highest BCUT2D eigenvalue weighted by molar-refractivity contribution is 5.85. The molecule has 0 aromatic heterocycles. The Bertz CT molecular complexity index is 368. The lowest BCUT2D eigenvalue weighted by molar-refractivity contribution is 0.185. The molecule has 5 heteroatoms. The van der Waals surface area contributed by atoms with Crippen LogP contribution in [-0.2, 0) is 0 Å². The Morgan fingerprint density at radius 2 is 1.83 bits per heavy atom. The third-order valence-corrected chi connectivity index (χ3v) is 3.46. The predicted molar refractivity (Wildman–Crippen MR) is 78.5 cm³/mol. The SMILES string of the molecule is Cc1c(F)cccc1[C@@H](C)N1CCNCC1.Cl.Cl. The van der Waals surface area contributed by atoms with E-state index in [1.165, 1.54) is 6.07 Å². The molecule has 0 amide bonds. The summed E-state index contributed by atoms with van der Waals surface area (Å²) in [5.74, 6) is -0.0977. The molecule has 18 heavy (non-hydrogen) atoms. The van der Waals surface area contributed by atoms with Gasteiger partial charge in [-0.25, -0.2) is 4.39 Å². The van der Waals surface area contributed by atoms with E-state index in [4.69, 9.17) is 0 Å². The highest BCUT2D eigenvalue weighted by Crippen LogP contribution is 2.24. The molecule has 1 aliphatic rings. The van der Waals surface area contributed by atoms with E-state index in [1.54, 1.807) is 6.07 Å². The first-order valence-electron chi connectivity index (χ1n) is 5.90. The van der Waals surface area contributed by atoms with Crippen LogP contribution in [0, 0.1) is 12.7 Å². The average molecular weight is 295 g/mol. The lowest BCUT2D eigenvalue weighted by Crippen LogP contribution is -2.44. The summed E-state index contributed by atoms with van der Waals surface area (Å²) in [4.78, 5) is 2.40. The monoisotopic (exact) mass is 294 g/mol. The number of hydrogen-bond acceptors (Lipinski definition) is 2. The zero-order chi connectivity index (χ0) is 11.5. The first-order chi connectivity index (χ1) is 7.70. The normalized spacial score (nSPS) is 17.5. The van der Waals surface area contributed by atoms with Gasteiger partial charge in [0.15, 0.2) is 0 Å². The Kier molecular flexibility index (Phi) is 7.79. The van der Waals surface area contributed by atoms with Gasteiger partial charge in [-0.2, -0.15) is 0 Å². The van der Waals surface area contributed by atoms with Crippen molar-refractivity contribution in [3.8, 4) is 0 Å². The first kappa shape index (κ1) is 17.6. The second kappa shape index (κ2) is 7.95. The smallest absolute Gasteiger partial charge is 0.126 e. The number of benzene rings is 1. The molecule has 104 valence electrons. The Hall–Kier alpha value is -0.350. The van der Waals surface area contributed by atoms with E-state index in [-0.39, 0.29) is 30.6 Å². The Morgan fingerprint density at radius 1 is 1.22 bits per heavy atom. The zero-order valence-corrected chi connectivity index (χ0v) is 12.4. The molecule has 0 saturated carbocycles. The average Bonchev–Trinajstić information content (AvgIpc) is 2.33. The van der Waals surface area contributed by atoms with E-state index < -0.39 is 0 Å². The van der Waals surface area contributed by atoms with Crippen LogP contribution in [0.4, 0.5) is 4.39 Å². The second-order valence-electron chi connectivity index (χ2n) is 4.42. The summed E-state index contributed by atoms with van der Waals surface area (Å²) < 4.78 is 13.5. The first-order valence-corrected chi connectivity index (χ1v) is 5.90. The fraction of sp³-hybridized carbons (Fsp3) is 0.538. The summed E-state index contributed by atoms with van der Waals surface area (Å²) in [6.07, 6.45) is 0. The van der Waals surface area contributed by atoms with Crippen molar-refractivity contribution < 1.29 is 4.39 Å². The summed E-state index contributed by atoms with van der Waals surface area (Å²) in [7, 11) is 0. The van der Waals surface area contributed by atoms with E-state index in [1.807, 2.05) is 13.0 Å². The number of nitrogens with zero attached hydrogens (tertiary/aromatic N) is 1. The summed E-state index contributed by atoms with van der Waals surface area (Å²) in [6, 6.07) is 5.67. The van der Waals surface area contributed by atoms with Crippen LogP contribution < -0.4 is 5.32 Å². The highest BCUT2D eigenvalue weighted by atomic mass is 35.5. The molecular weight excluding hydrogens is 274 g/mol. The van der Waals surface area contributed by atoms with Crippen molar-refractivity contribution in [1.82, 2.24) is 10.2 Å². The maximum atomic E-state index is 13.5. The molecule has 0 bridgehead atoms. The molecule has 0 radical (unpaired) electrons. The Balaban J connectivity index is 0.00000144. The van der Waals surface area contributed by atoms with Crippen LogP contribution in [0.1, 0.15) is 24.1 Å². The molecule has 1 heterocycles. The Labute approximate surface area is 121 Å². The lowest BCUT2D eigenvalue weighted by atomic mass is 10.0. The number of nitrogens with one attached hydrogen (secondary N) is 1. The topological polar surface area (TPSA) is 15.3 Å². The molecule has 1 aromatic rings. The largest absolute Gasteiger partial charge is 0.314 e. The second-order valence-corrected chi connectivity index (χ2v) is 4.42. The minimum absolute atomic E-state index is 0. The van der Waals surface area contributed by atoms with E-state index >= 15 is 0 Å². The van der Waals surface area contributed by atoms with Gasteiger partial charge in [0.2, 0.25) is 0 Å². The lowest BCUT2D eigenvalue weighted by Gasteiger charge is -2.33. The molecule has 1 fully saturated rings. The van der Waals surface area contributed by atoms with Gasteiger partial charge in [0.1, 0.15) is 5.82 Å². The molecule has 2 nitrogen and oxygen atoms in total. The minimum Gasteiger partial charge on any atom is -0.314 e.